The summed E-state index contributed by atoms with van der Waals surface area (Å²) in [7, 11) is 0. The first-order valence-electron chi connectivity index (χ1n) is 4.55. The first kappa shape index (κ1) is 14.3. The molecule has 88 valence electrons. The summed E-state index contributed by atoms with van der Waals surface area (Å²) in [5.41, 5.74) is 2.23. The molecule has 0 aromatic heterocycles. The number of hydrogen-bond donors (Lipinski definition) is 4. The molecule has 0 fully saturated rings. The largest absolute Gasteiger partial charge is 0.353 e. The summed E-state index contributed by atoms with van der Waals surface area (Å²) in [6, 6.07) is 0. The Balaban J connectivity index is 3.55. The molecule has 7 heteroatoms. The van der Waals surface area contributed by atoms with Gasteiger partial charge in [0, 0.05) is 13.1 Å². The predicted molar refractivity (Wildman–Crippen MR) is 61.2 cm³/mol. The highest BCUT2D eigenvalue weighted by atomic mass is 79.9. The SMILES string of the molecule is CC(C)(Br)C(=O)NCCNC(=O)CNN. The Hall–Kier alpha value is -0.660. The van der Waals surface area contributed by atoms with E-state index in [1.807, 2.05) is 0 Å². The molecule has 15 heavy (non-hydrogen) atoms. The number of hydrogen-bond acceptors (Lipinski definition) is 4. The molecule has 0 bridgehead atoms. The Kier molecular flexibility index (Phi) is 6.46. The number of carbonyl (C=O) groups excluding carboxylic acids is 2. The second-order valence-electron chi connectivity index (χ2n) is 3.46. The maximum atomic E-state index is 11.3. The molecule has 0 aliphatic heterocycles. The second-order valence-corrected chi connectivity index (χ2v) is 5.44. The Morgan fingerprint density at radius 2 is 1.80 bits per heavy atom. The van der Waals surface area contributed by atoms with E-state index in [9.17, 15) is 9.59 Å². The number of alkyl halides is 1. The average Bonchev–Trinajstić information content (AvgIpc) is 2.11. The van der Waals surface area contributed by atoms with Crippen LogP contribution in [0.5, 0.6) is 0 Å². The summed E-state index contributed by atoms with van der Waals surface area (Å²) in [5, 5.41) is 5.25. The minimum atomic E-state index is -0.587. The molecule has 0 saturated heterocycles. The third-order valence-electron chi connectivity index (χ3n) is 1.54. The highest BCUT2D eigenvalue weighted by molar-refractivity contribution is 9.10. The fourth-order valence-corrected chi connectivity index (χ4v) is 0.884. The van der Waals surface area contributed by atoms with Crippen LogP contribution in [0.2, 0.25) is 0 Å². The number of halogens is 1. The zero-order chi connectivity index (χ0) is 11.9. The highest BCUT2D eigenvalue weighted by Gasteiger charge is 2.22. The molecule has 2 amide bonds. The van der Waals surface area contributed by atoms with Crippen molar-refractivity contribution in [3.05, 3.63) is 0 Å². The molecule has 0 atom stereocenters. The Morgan fingerprint density at radius 1 is 1.27 bits per heavy atom. The molecule has 5 N–H and O–H groups in total. The van der Waals surface area contributed by atoms with E-state index in [4.69, 9.17) is 5.84 Å². The van der Waals surface area contributed by atoms with Crippen LogP contribution in [0, 0.1) is 0 Å². The average molecular weight is 281 g/mol. The Morgan fingerprint density at radius 3 is 2.27 bits per heavy atom. The van der Waals surface area contributed by atoms with Crippen LogP contribution in [0.3, 0.4) is 0 Å². The van der Waals surface area contributed by atoms with Crippen LogP contribution in [0.15, 0.2) is 0 Å². The van der Waals surface area contributed by atoms with Crippen LogP contribution in [0.1, 0.15) is 13.8 Å². The molecule has 0 radical (unpaired) electrons. The van der Waals surface area contributed by atoms with Crippen LogP contribution in [-0.2, 0) is 9.59 Å². The minimum Gasteiger partial charge on any atom is -0.353 e. The molecular formula is C8H17BrN4O2. The zero-order valence-corrected chi connectivity index (χ0v) is 10.5. The van der Waals surface area contributed by atoms with Gasteiger partial charge < -0.3 is 10.6 Å². The van der Waals surface area contributed by atoms with Crippen LogP contribution in [-0.4, -0.2) is 35.8 Å². The van der Waals surface area contributed by atoms with E-state index in [-0.39, 0.29) is 18.4 Å². The predicted octanol–water partition coefficient (Wildman–Crippen LogP) is -1.14. The van der Waals surface area contributed by atoms with Gasteiger partial charge in [-0.1, -0.05) is 15.9 Å². The van der Waals surface area contributed by atoms with Gasteiger partial charge in [0.25, 0.3) is 0 Å². The Labute approximate surface area is 97.4 Å². The summed E-state index contributed by atoms with van der Waals surface area (Å²) >= 11 is 3.22. The van der Waals surface area contributed by atoms with Gasteiger partial charge >= 0.3 is 0 Å². The summed E-state index contributed by atoms with van der Waals surface area (Å²) in [6.07, 6.45) is 0. The van der Waals surface area contributed by atoms with E-state index in [1.54, 1.807) is 13.8 Å². The lowest BCUT2D eigenvalue weighted by Gasteiger charge is -2.15. The summed E-state index contributed by atoms with van der Waals surface area (Å²) in [4.78, 5) is 22.2. The quantitative estimate of drug-likeness (QED) is 0.214. The van der Waals surface area contributed by atoms with Gasteiger partial charge in [0.1, 0.15) is 0 Å². The van der Waals surface area contributed by atoms with Crippen LogP contribution in [0.4, 0.5) is 0 Å². The lowest BCUT2D eigenvalue weighted by atomic mass is 10.2. The minimum absolute atomic E-state index is 0.0673. The Bertz CT molecular complexity index is 227. The molecule has 6 nitrogen and oxygen atoms in total. The molecule has 0 rings (SSSR count). The van der Waals surface area contributed by atoms with E-state index >= 15 is 0 Å². The van der Waals surface area contributed by atoms with E-state index in [2.05, 4.69) is 32.0 Å². The van der Waals surface area contributed by atoms with Gasteiger partial charge in [0.2, 0.25) is 11.8 Å². The standard InChI is InChI=1S/C8H17BrN4O2/c1-8(2,9)7(15)12-4-3-11-6(14)5-13-10/h13H,3-5,10H2,1-2H3,(H,11,14)(H,12,15). The molecule has 0 unspecified atom stereocenters. The molecule has 0 saturated carbocycles. The van der Waals surface area contributed by atoms with E-state index in [0.29, 0.717) is 13.1 Å². The van der Waals surface area contributed by atoms with Crippen molar-refractivity contribution in [1.82, 2.24) is 16.1 Å². The molecule has 0 aromatic rings. The van der Waals surface area contributed by atoms with E-state index in [1.165, 1.54) is 0 Å². The van der Waals surface area contributed by atoms with E-state index < -0.39 is 4.32 Å². The summed E-state index contributed by atoms with van der Waals surface area (Å²) in [6.45, 7) is 4.34. The van der Waals surface area contributed by atoms with Gasteiger partial charge in [-0.25, -0.2) is 0 Å². The van der Waals surface area contributed by atoms with Crippen molar-refractivity contribution in [2.75, 3.05) is 19.6 Å². The molecule has 0 heterocycles. The summed E-state index contributed by atoms with van der Waals surface area (Å²) in [5.74, 6) is 4.63. The lowest BCUT2D eigenvalue weighted by Crippen LogP contribution is -2.43. The number of amides is 2. The van der Waals surface area contributed by atoms with Crippen molar-refractivity contribution < 1.29 is 9.59 Å². The molecule has 0 aliphatic rings. The first-order valence-corrected chi connectivity index (χ1v) is 5.34. The van der Waals surface area contributed by atoms with Crippen LogP contribution in [0.25, 0.3) is 0 Å². The molecule has 0 spiro atoms. The van der Waals surface area contributed by atoms with Gasteiger partial charge in [-0.05, 0) is 13.8 Å². The van der Waals surface area contributed by atoms with Crippen LogP contribution >= 0.6 is 15.9 Å². The monoisotopic (exact) mass is 280 g/mol. The summed E-state index contributed by atoms with van der Waals surface area (Å²) < 4.78 is -0.587. The van der Waals surface area contributed by atoms with Crippen LogP contribution < -0.4 is 21.9 Å². The number of carbonyl (C=O) groups is 2. The van der Waals surface area contributed by atoms with Crippen molar-refractivity contribution in [3.63, 3.8) is 0 Å². The zero-order valence-electron chi connectivity index (χ0n) is 8.89. The smallest absolute Gasteiger partial charge is 0.236 e. The molecule has 0 aromatic carbocycles. The van der Waals surface area contributed by atoms with Crippen molar-refractivity contribution in [3.8, 4) is 0 Å². The maximum absolute atomic E-state index is 11.3. The van der Waals surface area contributed by atoms with Crippen molar-refractivity contribution >= 4 is 27.7 Å². The topological polar surface area (TPSA) is 96.2 Å². The van der Waals surface area contributed by atoms with Crippen molar-refractivity contribution in [2.45, 2.75) is 18.2 Å². The number of nitrogens with two attached hydrogens (primary N) is 1. The fraction of sp³-hybridized carbons (Fsp3) is 0.750. The number of nitrogens with one attached hydrogen (secondary N) is 3. The lowest BCUT2D eigenvalue weighted by molar-refractivity contribution is -0.123. The highest BCUT2D eigenvalue weighted by Crippen LogP contribution is 2.14. The van der Waals surface area contributed by atoms with Gasteiger partial charge in [-0.2, -0.15) is 0 Å². The van der Waals surface area contributed by atoms with Crippen molar-refractivity contribution in [2.24, 2.45) is 5.84 Å². The van der Waals surface area contributed by atoms with Gasteiger partial charge in [-0.15, -0.1) is 0 Å². The second kappa shape index (κ2) is 6.76. The molecular weight excluding hydrogens is 264 g/mol. The third-order valence-corrected chi connectivity index (χ3v) is 1.90. The van der Waals surface area contributed by atoms with E-state index in [0.717, 1.165) is 0 Å². The van der Waals surface area contributed by atoms with Gasteiger partial charge in [0.15, 0.2) is 0 Å². The normalized spacial score (nSPS) is 10.9. The number of hydrazine groups is 1. The maximum Gasteiger partial charge on any atom is 0.236 e. The third kappa shape index (κ3) is 7.29. The number of rotatable bonds is 6. The van der Waals surface area contributed by atoms with Gasteiger partial charge in [0.05, 0.1) is 10.9 Å². The van der Waals surface area contributed by atoms with Crippen molar-refractivity contribution in [1.29, 1.82) is 0 Å². The molecule has 0 aliphatic carbocycles. The first-order chi connectivity index (χ1) is 6.88. The van der Waals surface area contributed by atoms with Gasteiger partial charge in [-0.3, -0.25) is 20.9 Å². The fourth-order valence-electron chi connectivity index (χ4n) is 0.743.